The van der Waals surface area contributed by atoms with E-state index in [-0.39, 0.29) is 0 Å². The number of hydrogen-bond acceptors (Lipinski definition) is 1. The summed E-state index contributed by atoms with van der Waals surface area (Å²) in [7, 11) is 0. The zero-order valence-electron chi connectivity index (χ0n) is 7.54. The molecule has 12 heavy (non-hydrogen) atoms. The van der Waals surface area contributed by atoms with Crippen LogP contribution in [0, 0.1) is 0 Å². The molecule has 0 unspecified atom stereocenters. The molecule has 0 bridgehead atoms. The van der Waals surface area contributed by atoms with E-state index >= 15 is 0 Å². The van der Waals surface area contributed by atoms with Crippen LogP contribution in [0.2, 0.25) is 0 Å². The second kappa shape index (κ2) is 3.90. The van der Waals surface area contributed by atoms with Gasteiger partial charge in [0.2, 0.25) is 0 Å². The number of aliphatic imine (C=N–C) groups is 1. The highest BCUT2D eigenvalue weighted by atomic mass is 14.8. The van der Waals surface area contributed by atoms with E-state index in [1.807, 2.05) is 18.2 Å². The Morgan fingerprint density at radius 1 is 1.42 bits per heavy atom. The van der Waals surface area contributed by atoms with E-state index in [9.17, 15) is 0 Å². The van der Waals surface area contributed by atoms with Crippen LogP contribution in [0.3, 0.4) is 0 Å². The molecule has 0 aliphatic rings. The molecular weight excluding hydrogens is 148 g/mol. The second-order valence-corrected chi connectivity index (χ2v) is 2.74. The van der Waals surface area contributed by atoms with Crippen molar-refractivity contribution >= 4 is 11.5 Å². The van der Waals surface area contributed by atoms with Crippen LogP contribution >= 0.6 is 0 Å². The number of hydrogen-bond donors (Lipinski definition) is 1. The first kappa shape index (κ1) is 8.78. The Bertz CT molecular complexity index is 286. The summed E-state index contributed by atoms with van der Waals surface area (Å²) < 4.78 is 0. The molecule has 0 spiro atoms. The molecule has 1 aromatic rings. The van der Waals surface area contributed by atoms with Crippen molar-refractivity contribution < 1.29 is 0 Å². The summed E-state index contributed by atoms with van der Waals surface area (Å²) in [5.74, 6) is 0.607. The minimum Gasteiger partial charge on any atom is -0.387 e. The molecule has 0 aliphatic carbocycles. The molecule has 0 heterocycles. The third kappa shape index (κ3) is 2.09. The summed E-state index contributed by atoms with van der Waals surface area (Å²) >= 11 is 0. The van der Waals surface area contributed by atoms with Crippen LogP contribution in [0.15, 0.2) is 29.3 Å². The SMILES string of the molecule is CCc1ccccc1N=C(C)N. The van der Waals surface area contributed by atoms with Crippen LogP contribution in [0.1, 0.15) is 19.4 Å². The average molecular weight is 162 g/mol. The first-order valence-corrected chi connectivity index (χ1v) is 4.12. The number of para-hydroxylation sites is 1. The molecular formula is C10H14N2. The molecule has 1 rings (SSSR count). The maximum Gasteiger partial charge on any atom is 0.0965 e. The number of benzene rings is 1. The summed E-state index contributed by atoms with van der Waals surface area (Å²) in [5.41, 5.74) is 7.72. The lowest BCUT2D eigenvalue weighted by atomic mass is 10.1. The fourth-order valence-electron chi connectivity index (χ4n) is 1.11. The monoisotopic (exact) mass is 162 g/mol. The van der Waals surface area contributed by atoms with Gasteiger partial charge in [-0.25, -0.2) is 4.99 Å². The van der Waals surface area contributed by atoms with Gasteiger partial charge in [0, 0.05) is 0 Å². The van der Waals surface area contributed by atoms with E-state index < -0.39 is 0 Å². The van der Waals surface area contributed by atoms with Gasteiger partial charge in [0.25, 0.3) is 0 Å². The lowest BCUT2D eigenvalue weighted by molar-refractivity contribution is 1.13. The van der Waals surface area contributed by atoms with E-state index in [2.05, 4.69) is 18.0 Å². The Labute approximate surface area is 73.1 Å². The predicted octanol–water partition coefficient (Wildman–Crippen LogP) is 2.26. The molecule has 0 saturated carbocycles. The van der Waals surface area contributed by atoms with Gasteiger partial charge in [-0.1, -0.05) is 25.1 Å². The quantitative estimate of drug-likeness (QED) is 0.525. The highest BCUT2D eigenvalue weighted by Gasteiger charge is 1.95. The molecule has 2 nitrogen and oxygen atoms in total. The minimum atomic E-state index is 0.607. The lowest BCUT2D eigenvalue weighted by Gasteiger charge is -2.01. The van der Waals surface area contributed by atoms with E-state index in [1.165, 1.54) is 5.56 Å². The van der Waals surface area contributed by atoms with Gasteiger partial charge in [0.15, 0.2) is 0 Å². The fraction of sp³-hybridized carbons (Fsp3) is 0.300. The van der Waals surface area contributed by atoms with Crippen molar-refractivity contribution in [3.63, 3.8) is 0 Å². The number of nitrogens with two attached hydrogens (primary N) is 1. The maximum atomic E-state index is 5.50. The Balaban J connectivity index is 3.05. The van der Waals surface area contributed by atoms with Crippen molar-refractivity contribution in [1.82, 2.24) is 0 Å². The van der Waals surface area contributed by atoms with Crippen molar-refractivity contribution in [2.75, 3.05) is 0 Å². The Hall–Kier alpha value is -1.31. The van der Waals surface area contributed by atoms with Gasteiger partial charge in [0.05, 0.1) is 11.5 Å². The summed E-state index contributed by atoms with van der Waals surface area (Å²) in [4.78, 5) is 4.22. The van der Waals surface area contributed by atoms with Crippen molar-refractivity contribution in [2.45, 2.75) is 20.3 Å². The smallest absolute Gasteiger partial charge is 0.0965 e. The fourth-order valence-corrected chi connectivity index (χ4v) is 1.11. The first-order valence-electron chi connectivity index (χ1n) is 4.12. The molecule has 0 atom stereocenters. The van der Waals surface area contributed by atoms with Crippen molar-refractivity contribution in [2.24, 2.45) is 10.7 Å². The molecule has 2 N–H and O–H groups in total. The predicted molar refractivity (Wildman–Crippen MR) is 52.8 cm³/mol. The van der Waals surface area contributed by atoms with Gasteiger partial charge in [-0.2, -0.15) is 0 Å². The summed E-state index contributed by atoms with van der Waals surface area (Å²) in [6.07, 6.45) is 0.993. The number of nitrogens with zero attached hydrogens (tertiary/aromatic N) is 1. The van der Waals surface area contributed by atoms with Gasteiger partial charge >= 0.3 is 0 Å². The standard InChI is InChI=1S/C10H14N2/c1-3-9-6-4-5-7-10(9)12-8(2)11/h4-7H,3H2,1-2H3,(H2,11,12). The molecule has 1 aromatic carbocycles. The normalized spacial score (nSPS) is 11.7. The Morgan fingerprint density at radius 3 is 2.67 bits per heavy atom. The molecule has 0 aromatic heterocycles. The van der Waals surface area contributed by atoms with Crippen LogP contribution in [0.4, 0.5) is 5.69 Å². The highest BCUT2D eigenvalue weighted by Crippen LogP contribution is 2.18. The Kier molecular flexibility index (Phi) is 2.86. The third-order valence-electron chi connectivity index (χ3n) is 1.67. The van der Waals surface area contributed by atoms with E-state index in [0.29, 0.717) is 5.84 Å². The van der Waals surface area contributed by atoms with Gasteiger partial charge in [0.1, 0.15) is 0 Å². The topological polar surface area (TPSA) is 38.4 Å². The molecule has 0 saturated heterocycles. The van der Waals surface area contributed by atoms with E-state index in [0.717, 1.165) is 12.1 Å². The summed E-state index contributed by atoms with van der Waals surface area (Å²) in [6, 6.07) is 8.04. The van der Waals surface area contributed by atoms with Crippen molar-refractivity contribution in [3.05, 3.63) is 29.8 Å². The minimum absolute atomic E-state index is 0.607. The van der Waals surface area contributed by atoms with Crippen molar-refractivity contribution in [3.8, 4) is 0 Å². The number of amidine groups is 1. The largest absolute Gasteiger partial charge is 0.387 e. The first-order chi connectivity index (χ1) is 5.74. The highest BCUT2D eigenvalue weighted by molar-refractivity contribution is 5.81. The van der Waals surface area contributed by atoms with Crippen molar-refractivity contribution in [1.29, 1.82) is 0 Å². The summed E-state index contributed by atoms with van der Waals surface area (Å²) in [6.45, 7) is 3.91. The van der Waals surface area contributed by atoms with Crippen LogP contribution < -0.4 is 5.73 Å². The molecule has 0 fully saturated rings. The van der Waals surface area contributed by atoms with Crippen LogP contribution in [0.25, 0.3) is 0 Å². The maximum absolute atomic E-state index is 5.50. The van der Waals surface area contributed by atoms with Crippen LogP contribution in [0.5, 0.6) is 0 Å². The van der Waals surface area contributed by atoms with Crippen LogP contribution in [-0.2, 0) is 6.42 Å². The summed E-state index contributed by atoms with van der Waals surface area (Å²) in [5, 5.41) is 0. The second-order valence-electron chi connectivity index (χ2n) is 2.74. The average Bonchev–Trinajstić information content (AvgIpc) is 2.04. The number of rotatable bonds is 2. The molecule has 64 valence electrons. The van der Waals surface area contributed by atoms with Gasteiger partial charge in [-0.05, 0) is 25.0 Å². The third-order valence-corrected chi connectivity index (χ3v) is 1.67. The zero-order chi connectivity index (χ0) is 8.97. The molecule has 0 aliphatic heterocycles. The van der Waals surface area contributed by atoms with Gasteiger partial charge in [-0.15, -0.1) is 0 Å². The Morgan fingerprint density at radius 2 is 2.08 bits per heavy atom. The number of aryl methyl sites for hydroxylation is 1. The molecule has 0 radical (unpaired) electrons. The van der Waals surface area contributed by atoms with Crippen LogP contribution in [-0.4, -0.2) is 5.84 Å². The van der Waals surface area contributed by atoms with Gasteiger partial charge in [-0.3, -0.25) is 0 Å². The van der Waals surface area contributed by atoms with E-state index in [1.54, 1.807) is 6.92 Å². The zero-order valence-corrected chi connectivity index (χ0v) is 7.54. The van der Waals surface area contributed by atoms with Gasteiger partial charge < -0.3 is 5.73 Å². The molecule has 0 amide bonds. The molecule has 2 heteroatoms. The van der Waals surface area contributed by atoms with E-state index in [4.69, 9.17) is 5.73 Å². The lowest BCUT2D eigenvalue weighted by Crippen LogP contribution is -2.04.